The topological polar surface area (TPSA) is 156 Å². The van der Waals surface area contributed by atoms with E-state index in [1.54, 1.807) is 36.4 Å². The van der Waals surface area contributed by atoms with Gasteiger partial charge in [0.05, 0.1) is 91.1 Å². The molecular formula is C47H30F6IN11O4. The highest BCUT2D eigenvalue weighted by atomic mass is 127. The van der Waals surface area contributed by atoms with Gasteiger partial charge in [-0.05, 0) is 97.1 Å². The lowest BCUT2D eigenvalue weighted by molar-refractivity contribution is -0.138. The fourth-order valence-electron chi connectivity index (χ4n) is 7.38. The normalized spacial score (nSPS) is 11.3. The summed E-state index contributed by atoms with van der Waals surface area (Å²) >= 11 is 2.01. The van der Waals surface area contributed by atoms with Crippen LogP contribution in [0.2, 0.25) is 0 Å². The second kappa shape index (κ2) is 18.6. The second-order valence-electron chi connectivity index (χ2n) is 14.9. The third kappa shape index (κ3) is 9.02. The van der Waals surface area contributed by atoms with Crippen LogP contribution in [0.1, 0.15) is 28.1 Å². The molecule has 0 unspecified atom stereocenters. The average molecular weight is 1050 g/mol. The number of nitrogens with zero attached hydrogens (tertiary/aromatic N) is 11. The van der Waals surface area contributed by atoms with E-state index in [1.807, 2.05) is 28.7 Å². The summed E-state index contributed by atoms with van der Waals surface area (Å²) in [5.41, 5.74) is -2.41. The molecular weight excluding hydrogens is 1020 g/mol. The van der Waals surface area contributed by atoms with E-state index in [1.165, 1.54) is 86.1 Å². The molecule has 4 aromatic heterocycles. The number of rotatable bonds is 6. The van der Waals surface area contributed by atoms with E-state index in [2.05, 4.69) is 19.9 Å². The molecule has 0 saturated heterocycles. The van der Waals surface area contributed by atoms with Gasteiger partial charge in [-0.15, -0.1) is 0 Å². The molecule has 4 heterocycles. The van der Waals surface area contributed by atoms with E-state index in [9.17, 15) is 50.8 Å². The number of nitriles is 1. The van der Waals surface area contributed by atoms with Crippen LogP contribution in [0.3, 0.4) is 0 Å². The van der Waals surface area contributed by atoms with Crippen LogP contribution >= 0.6 is 22.6 Å². The summed E-state index contributed by atoms with van der Waals surface area (Å²) in [7, 11) is 2.48. The number of benzene rings is 4. The zero-order valence-electron chi connectivity index (χ0n) is 36.1. The monoisotopic (exact) mass is 1050 g/mol. The Balaban J connectivity index is 0.000000204. The molecule has 15 nitrogen and oxygen atoms in total. The fourth-order valence-corrected chi connectivity index (χ4v) is 8.00. The Morgan fingerprint density at radius 2 is 0.986 bits per heavy atom. The molecule has 8 rings (SSSR count). The minimum atomic E-state index is -4.64. The zero-order chi connectivity index (χ0) is 50.3. The first kappa shape index (κ1) is 48.4. The number of aromatic nitrogens is 8. The summed E-state index contributed by atoms with van der Waals surface area (Å²) < 4.78 is 87.0. The summed E-state index contributed by atoms with van der Waals surface area (Å²) in [6.07, 6.45) is -6.45. The van der Waals surface area contributed by atoms with Gasteiger partial charge >= 0.3 is 23.7 Å². The summed E-state index contributed by atoms with van der Waals surface area (Å²) in [5.74, 6) is 0. The predicted octanol–water partition coefficient (Wildman–Crippen LogP) is 9.01. The number of hydrogen-bond donors (Lipinski definition) is 0. The minimum Gasteiger partial charge on any atom is -0.268 e. The highest BCUT2D eigenvalue weighted by Crippen LogP contribution is 2.34. The molecule has 0 aliphatic carbocycles. The van der Waals surface area contributed by atoms with Crippen molar-refractivity contribution >= 4 is 34.0 Å². The van der Waals surface area contributed by atoms with Gasteiger partial charge in [-0.25, -0.2) is 28.6 Å². The molecule has 0 N–H and O–H groups in total. The first-order valence-corrected chi connectivity index (χ1v) is 20.9. The zero-order valence-corrected chi connectivity index (χ0v) is 38.2. The van der Waals surface area contributed by atoms with Crippen LogP contribution in [0.4, 0.5) is 37.7 Å². The van der Waals surface area contributed by atoms with Crippen molar-refractivity contribution in [3.8, 4) is 51.3 Å². The van der Waals surface area contributed by atoms with Crippen molar-refractivity contribution in [2.75, 3.05) is 0 Å². The lowest BCUT2D eigenvalue weighted by atomic mass is 10.1. The van der Waals surface area contributed by atoms with Gasteiger partial charge in [-0.3, -0.25) is 27.9 Å². The van der Waals surface area contributed by atoms with Gasteiger partial charge in [0.2, 0.25) is 0 Å². The molecule has 4 aromatic carbocycles. The number of hydrogen-bond acceptors (Lipinski definition) is 7. The Morgan fingerprint density at radius 3 is 1.38 bits per heavy atom. The molecule has 0 aliphatic rings. The summed E-state index contributed by atoms with van der Waals surface area (Å²) in [4.78, 5) is 59.2. The van der Waals surface area contributed by atoms with Crippen molar-refractivity contribution in [2.24, 2.45) is 14.1 Å². The van der Waals surface area contributed by atoms with Gasteiger partial charge < -0.3 is 0 Å². The average Bonchev–Trinajstić information content (AvgIpc) is 3.93. The van der Waals surface area contributed by atoms with Crippen molar-refractivity contribution in [3.63, 3.8) is 0 Å². The SMILES string of the molecule is [C-]#[N+]c1ccc(-n2ncc(C#N)c2-c2c(C)n(-c3cccc(C(F)(F)F)c3)c(=O)n(C)c2=O)cc1.[C-]#[N+]c1ccc(-n2ncc(I)c2-c2c(C)n(-c3cccc(C(F)(F)F)c3)c(=O)n(C)c2=O)cc1. The first-order valence-electron chi connectivity index (χ1n) is 19.8. The van der Waals surface area contributed by atoms with Gasteiger partial charge in [0, 0.05) is 25.5 Å². The Morgan fingerprint density at radius 1 is 0.594 bits per heavy atom. The molecule has 8 aromatic rings. The maximum absolute atomic E-state index is 13.3. The molecule has 0 fully saturated rings. The molecule has 0 atom stereocenters. The van der Waals surface area contributed by atoms with Crippen LogP contribution in [0.5, 0.6) is 0 Å². The summed E-state index contributed by atoms with van der Waals surface area (Å²) in [6.45, 7) is 17.1. The Hall–Kier alpha value is -8.56. The van der Waals surface area contributed by atoms with Crippen molar-refractivity contribution < 1.29 is 26.3 Å². The maximum atomic E-state index is 13.3. The van der Waals surface area contributed by atoms with Crippen LogP contribution in [-0.2, 0) is 26.4 Å². The predicted molar refractivity (Wildman–Crippen MR) is 249 cm³/mol. The lowest BCUT2D eigenvalue weighted by Crippen LogP contribution is -2.40. The molecule has 0 bridgehead atoms. The van der Waals surface area contributed by atoms with Gasteiger partial charge in [0.25, 0.3) is 11.1 Å². The van der Waals surface area contributed by atoms with E-state index in [-0.39, 0.29) is 45.1 Å². The van der Waals surface area contributed by atoms with Gasteiger partial charge in [0.15, 0.2) is 11.4 Å². The quantitative estimate of drug-likeness (QED) is 0.0915. The molecule has 0 spiro atoms. The van der Waals surface area contributed by atoms with Crippen molar-refractivity contribution in [3.05, 3.63) is 206 Å². The van der Waals surface area contributed by atoms with Gasteiger partial charge in [-0.1, -0.05) is 36.4 Å². The number of halogens is 7. The van der Waals surface area contributed by atoms with E-state index in [0.717, 1.165) is 42.5 Å². The smallest absolute Gasteiger partial charge is 0.268 e. The fraction of sp³-hybridized carbons (Fsp3) is 0.128. The maximum Gasteiger partial charge on any atom is 0.416 e. The van der Waals surface area contributed by atoms with Crippen LogP contribution in [-0.4, -0.2) is 37.8 Å². The van der Waals surface area contributed by atoms with Crippen molar-refractivity contribution in [2.45, 2.75) is 26.2 Å². The van der Waals surface area contributed by atoms with Crippen molar-refractivity contribution in [1.82, 2.24) is 37.8 Å². The van der Waals surface area contributed by atoms with E-state index >= 15 is 0 Å². The van der Waals surface area contributed by atoms with Gasteiger partial charge in [0.1, 0.15) is 6.07 Å². The van der Waals surface area contributed by atoms with E-state index in [4.69, 9.17) is 13.1 Å². The third-order valence-corrected chi connectivity index (χ3v) is 11.6. The van der Waals surface area contributed by atoms with Crippen LogP contribution in [0.25, 0.3) is 55.0 Å². The second-order valence-corrected chi connectivity index (χ2v) is 16.1. The molecule has 22 heteroatoms. The molecule has 346 valence electrons. The Bertz CT molecular complexity index is 3730. The Kier molecular flexibility index (Phi) is 13.0. The summed E-state index contributed by atoms with van der Waals surface area (Å²) in [5, 5.41) is 18.2. The molecule has 0 aliphatic heterocycles. The Labute approximate surface area is 399 Å². The third-order valence-electron chi connectivity index (χ3n) is 10.8. The number of alkyl halides is 6. The van der Waals surface area contributed by atoms with Crippen LogP contribution < -0.4 is 22.5 Å². The van der Waals surface area contributed by atoms with E-state index < -0.39 is 46.0 Å². The van der Waals surface area contributed by atoms with Gasteiger partial charge in [-0.2, -0.15) is 41.8 Å². The standard InChI is InChI=1S/C24H15F3N6O2.C23H15F3IN5O2/c1-14-20(21-15(12-28)13-30-33(21)18-9-7-17(29-2)8-10-18)22(34)31(3)23(35)32(14)19-6-4-5-16(11-19)24(25,26)27;1-13-19(20-18(27)12-29-32(20)16-9-7-15(28-2)8-10-16)21(33)30(3)22(34)31(13)17-6-4-5-14(11-17)23(24,25)26/h4-11,13H,1,3H3;4-12H,1,3H3. The molecule has 0 amide bonds. The molecule has 0 radical (unpaired) electrons. The lowest BCUT2D eigenvalue weighted by Gasteiger charge is -2.18. The largest absolute Gasteiger partial charge is 0.416 e. The van der Waals surface area contributed by atoms with Crippen LogP contribution in [0, 0.1) is 41.9 Å². The van der Waals surface area contributed by atoms with Crippen molar-refractivity contribution in [1.29, 1.82) is 5.26 Å². The first-order chi connectivity index (χ1) is 32.6. The van der Waals surface area contributed by atoms with E-state index in [0.29, 0.717) is 32.0 Å². The summed E-state index contributed by atoms with van der Waals surface area (Å²) in [6, 6.07) is 23.3. The molecule has 69 heavy (non-hydrogen) atoms. The van der Waals surface area contributed by atoms with Crippen LogP contribution in [0.15, 0.2) is 129 Å². The highest BCUT2D eigenvalue weighted by molar-refractivity contribution is 14.1. The molecule has 0 saturated carbocycles. The highest BCUT2D eigenvalue weighted by Gasteiger charge is 2.33. The minimum absolute atomic E-state index is 0.0170.